The van der Waals surface area contributed by atoms with Gasteiger partial charge >= 0.3 is 5.97 Å². The molecule has 0 spiro atoms. The van der Waals surface area contributed by atoms with Crippen LogP contribution in [0.25, 0.3) is 11.1 Å². The molecule has 69 heavy (non-hydrogen) atoms. The lowest BCUT2D eigenvalue weighted by Gasteiger charge is -2.27. The monoisotopic (exact) mass is 926 g/mol. The van der Waals surface area contributed by atoms with Gasteiger partial charge in [-0.3, -0.25) is 28.8 Å². The summed E-state index contributed by atoms with van der Waals surface area (Å²) in [5.74, 6) is -5.25. The van der Waals surface area contributed by atoms with Crippen LogP contribution in [0, 0.1) is 0 Å². The molecule has 0 saturated carbocycles. The molecule has 0 saturated heterocycles. The van der Waals surface area contributed by atoms with Crippen molar-refractivity contribution >= 4 is 47.1 Å². The second-order valence-corrected chi connectivity index (χ2v) is 16.9. The first-order valence-electron chi connectivity index (χ1n) is 22.9. The summed E-state index contributed by atoms with van der Waals surface area (Å²) in [5.41, 5.74) is 5.54. The Hall–Kier alpha value is -8.39. The average Bonchev–Trinajstić information content (AvgIpc) is 3.37. The zero-order valence-corrected chi connectivity index (χ0v) is 37.8. The van der Waals surface area contributed by atoms with E-state index >= 15 is 0 Å². The number of nitrogens with one attached hydrogen (secondary N) is 6. The van der Waals surface area contributed by atoms with Crippen LogP contribution in [0.2, 0.25) is 0 Å². The van der Waals surface area contributed by atoms with Crippen molar-refractivity contribution in [3.8, 4) is 11.1 Å². The molecule has 1 unspecified atom stereocenters. The van der Waals surface area contributed by atoms with Gasteiger partial charge in [-0.05, 0) is 63.9 Å². The molecule has 5 atom stereocenters. The highest BCUT2D eigenvalue weighted by atomic mass is 16.4. The number of aryl methyl sites for hydroxylation is 1. The molecule has 14 heteroatoms. The number of carbonyl (C=O) groups is 7. The maximum atomic E-state index is 14.8. The molecule has 352 valence electrons. The number of carbonyl (C=O) groups excluding carboxylic acids is 6. The van der Waals surface area contributed by atoms with Crippen LogP contribution < -0.4 is 31.9 Å². The number of rotatable bonds is 12. The second kappa shape index (κ2) is 23.9. The molecule has 2 aliphatic rings. The minimum Gasteiger partial charge on any atom is -0.480 e. The molecule has 14 nitrogen and oxygen atoms in total. The minimum absolute atomic E-state index is 0.0197. The van der Waals surface area contributed by atoms with E-state index < -0.39 is 71.6 Å². The van der Waals surface area contributed by atoms with Crippen molar-refractivity contribution in [2.75, 3.05) is 5.32 Å². The Morgan fingerprint density at radius 1 is 0.551 bits per heavy atom. The Balaban J connectivity index is 1.24. The van der Waals surface area contributed by atoms with Gasteiger partial charge in [0.1, 0.15) is 30.2 Å². The normalized spacial score (nSPS) is 18.8. The summed E-state index contributed by atoms with van der Waals surface area (Å²) >= 11 is 0. The SMILES string of the molecule is O=C1CCC(=O)NC(c2ccccc2)C(=O)N[C@@H](Cc2ccc(-c3ccccc3)cc2)C(=O)N[C@H](CCc2ccccc2)C(=O)N[C@H](C(=O)N[C@H](Cc2ccccc2)C(=O)O)Cc2ccc(cc2)N1. The Morgan fingerprint density at radius 2 is 1.10 bits per heavy atom. The second-order valence-electron chi connectivity index (χ2n) is 16.9. The standard InChI is InChI=1S/C55H54N6O8/c62-48-31-32-49(63)61-50(42-19-11-4-12-20-42)54(67)59-46(33-38-21-26-41(27-22-38)40-17-9-3-10-18-40)52(65)57-44(30-25-36-13-5-1-6-14-36)51(64)58-45(34-39-23-28-43(56-48)29-24-39)53(66)60-47(55(68)69)35-37-15-7-2-8-16-37/h1-24,26-29,44-47,50H,25,30-35H2,(H,56,62)(H,57,65)(H,58,64)(H,59,67)(H,60,66)(H,61,63)(H,68,69)/t44-,45+,46+,47-,50?/m1/s1. The number of hydrogen-bond acceptors (Lipinski definition) is 7. The number of carboxylic acids is 1. The first kappa shape index (κ1) is 48.5. The van der Waals surface area contributed by atoms with Crippen LogP contribution in [0.1, 0.15) is 53.1 Å². The van der Waals surface area contributed by atoms with Crippen LogP contribution in [0.3, 0.4) is 0 Å². The number of amides is 6. The number of benzene rings is 6. The van der Waals surface area contributed by atoms with Crippen LogP contribution in [0.5, 0.6) is 0 Å². The average molecular weight is 927 g/mol. The summed E-state index contributed by atoms with van der Waals surface area (Å²) in [5, 5.41) is 26.9. The molecule has 2 bridgehead atoms. The third kappa shape index (κ3) is 14.3. The number of carboxylic acid groups (broad SMARTS) is 1. The van der Waals surface area contributed by atoms with E-state index in [0.29, 0.717) is 34.4 Å². The van der Waals surface area contributed by atoms with E-state index in [-0.39, 0.29) is 38.5 Å². The molecular formula is C55H54N6O8. The van der Waals surface area contributed by atoms with Gasteiger partial charge in [-0.15, -0.1) is 0 Å². The van der Waals surface area contributed by atoms with Crippen molar-refractivity contribution in [1.82, 2.24) is 26.6 Å². The third-order valence-electron chi connectivity index (χ3n) is 11.8. The van der Waals surface area contributed by atoms with Crippen LogP contribution in [-0.4, -0.2) is 70.7 Å². The van der Waals surface area contributed by atoms with Crippen molar-refractivity contribution in [3.05, 3.63) is 198 Å². The van der Waals surface area contributed by atoms with Gasteiger partial charge in [0.15, 0.2) is 0 Å². The highest BCUT2D eigenvalue weighted by molar-refractivity contribution is 5.97. The molecule has 0 aliphatic carbocycles. The molecule has 0 fully saturated rings. The van der Waals surface area contributed by atoms with Crippen molar-refractivity contribution in [2.24, 2.45) is 0 Å². The van der Waals surface area contributed by atoms with E-state index in [2.05, 4.69) is 31.9 Å². The summed E-state index contributed by atoms with van der Waals surface area (Å²) in [6, 6.07) is 43.9. The van der Waals surface area contributed by atoms with Gasteiger partial charge in [0.2, 0.25) is 35.4 Å². The smallest absolute Gasteiger partial charge is 0.326 e. The fourth-order valence-electron chi connectivity index (χ4n) is 8.05. The molecule has 2 heterocycles. The highest BCUT2D eigenvalue weighted by Crippen LogP contribution is 2.21. The van der Waals surface area contributed by atoms with E-state index in [4.69, 9.17) is 0 Å². The maximum Gasteiger partial charge on any atom is 0.326 e. The first-order valence-corrected chi connectivity index (χ1v) is 22.9. The van der Waals surface area contributed by atoms with E-state index in [9.17, 15) is 38.7 Å². The molecule has 6 aromatic rings. The maximum absolute atomic E-state index is 14.8. The lowest BCUT2D eigenvalue weighted by Crippen LogP contribution is -2.59. The van der Waals surface area contributed by atoms with E-state index in [1.165, 1.54) is 0 Å². The molecule has 0 radical (unpaired) electrons. The Bertz CT molecular complexity index is 2700. The van der Waals surface area contributed by atoms with Gasteiger partial charge in [0.05, 0.1) is 0 Å². The van der Waals surface area contributed by atoms with Gasteiger partial charge in [-0.25, -0.2) is 4.79 Å². The summed E-state index contributed by atoms with van der Waals surface area (Å²) in [4.78, 5) is 97.3. The number of anilines is 1. The Labute approximate surface area is 400 Å². The van der Waals surface area contributed by atoms with E-state index in [1.54, 1.807) is 84.9 Å². The van der Waals surface area contributed by atoms with Gasteiger partial charge in [-0.2, -0.15) is 0 Å². The summed E-state index contributed by atoms with van der Waals surface area (Å²) in [6.45, 7) is 0. The first-order chi connectivity index (χ1) is 33.5. The Kier molecular flexibility index (Phi) is 16.8. The highest BCUT2D eigenvalue weighted by Gasteiger charge is 2.33. The topological polar surface area (TPSA) is 212 Å². The predicted octanol–water partition coefficient (Wildman–Crippen LogP) is 5.63. The van der Waals surface area contributed by atoms with Crippen molar-refractivity contribution in [2.45, 2.75) is 75.2 Å². The molecule has 6 amide bonds. The number of aliphatic carboxylic acids is 1. The van der Waals surface area contributed by atoms with Crippen LogP contribution >= 0.6 is 0 Å². The van der Waals surface area contributed by atoms with Gasteiger partial charge in [-0.1, -0.05) is 158 Å². The zero-order chi connectivity index (χ0) is 48.5. The predicted molar refractivity (Wildman–Crippen MR) is 261 cm³/mol. The lowest BCUT2D eigenvalue weighted by molar-refractivity contribution is -0.142. The number of hydrogen-bond donors (Lipinski definition) is 7. The number of fused-ring (bicyclic) bond motifs is 18. The zero-order valence-electron chi connectivity index (χ0n) is 37.8. The molecule has 2 aliphatic heterocycles. The van der Waals surface area contributed by atoms with Crippen molar-refractivity contribution < 1.29 is 38.7 Å². The summed E-state index contributed by atoms with van der Waals surface area (Å²) < 4.78 is 0. The lowest BCUT2D eigenvalue weighted by atomic mass is 9.98. The quantitative estimate of drug-likeness (QED) is 0.0764. The molecule has 0 aromatic heterocycles. The molecule has 8 rings (SSSR count). The van der Waals surface area contributed by atoms with Crippen LogP contribution in [-0.2, 0) is 59.2 Å². The van der Waals surface area contributed by atoms with E-state index in [1.807, 2.05) is 84.9 Å². The van der Waals surface area contributed by atoms with Crippen molar-refractivity contribution in [3.63, 3.8) is 0 Å². The fraction of sp³-hybridized carbons (Fsp3) is 0.218. The molecule has 6 aromatic carbocycles. The third-order valence-corrected chi connectivity index (χ3v) is 11.8. The van der Waals surface area contributed by atoms with Crippen LogP contribution in [0.4, 0.5) is 5.69 Å². The van der Waals surface area contributed by atoms with Gasteiger partial charge < -0.3 is 37.0 Å². The van der Waals surface area contributed by atoms with Crippen LogP contribution in [0.15, 0.2) is 170 Å². The summed E-state index contributed by atoms with van der Waals surface area (Å²) in [6.07, 6.45) is -0.204. The van der Waals surface area contributed by atoms with Crippen molar-refractivity contribution in [1.29, 1.82) is 0 Å². The summed E-state index contributed by atoms with van der Waals surface area (Å²) in [7, 11) is 0. The van der Waals surface area contributed by atoms with E-state index in [0.717, 1.165) is 16.7 Å². The van der Waals surface area contributed by atoms with Gasteiger partial charge in [0, 0.05) is 37.8 Å². The largest absolute Gasteiger partial charge is 0.480 e. The minimum atomic E-state index is -1.35. The Morgan fingerprint density at radius 3 is 1.74 bits per heavy atom. The van der Waals surface area contributed by atoms with Gasteiger partial charge in [0.25, 0.3) is 0 Å². The molecular weight excluding hydrogens is 873 g/mol. The fourth-order valence-corrected chi connectivity index (χ4v) is 8.05. The molecule has 7 N–H and O–H groups in total.